The predicted molar refractivity (Wildman–Crippen MR) is 79.6 cm³/mol. The topological polar surface area (TPSA) is 70.3 Å². The van der Waals surface area contributed by atoms with Crippen LogP contribution in [0, 0.1) is 6.92 Å². The van der Waals surface area contributed by atoms with E-state index < -0.39 is 0 Å². The Labute approximate surface area is 120 Å². The van der Waals surface area contributed by atoms with Crippen LogP contribution in [0.3, 0.4) is 0 Å². The van der Waals surface area contributed by atoms with Crippen LogP contribution in [0.15, 0.2) is 29.9 Å². The molecule has 2 heterocycles. The Hall–Kier alpha value is -2.34. The average Bonchev–Trinajstić information content (AvgIpc) is 2.84. The number of nitrogens with two attached hydrogens (primary N) is 1. The number of thiophene rings is 1. The van der Waals surface area contributed by atoms with E-state index in [0.29, 0.717) is 23.1 Å². The number of anilines is 1. The molecule has 102 valence electrons. The van der Waals surface area contributed by atoms with Crippen LogP contribution in [0.2, 0.25) is 0 Å². The number of ether oxygens (including phenoxy) is 2. The highest BCUT2D eigenvalue weighted by molar-refractivity contribution is 7.17. The van der Waals surface area contributed by atoms with Crippen LogP contribution < -0.4 is 15.2 Å². The van der Waals surface area contributed by atoms with Crippen molar-refractivity contribution in [2.45, 2.75) is 6.92 Å². The zero-order valence-electron chi connectivity index (χ0n) is 11.1. The molecule has 0 saturated heterocycles. The van der Waals surface area contributed by atoms with Gasteiger partial charge < -0.3 is 15.2 Å². The number of nitrogen functional groups attached to an aromatic ring is 1. The van der Waals surface area contributed by atoms with Gasteiger partial charge in [0, 0.05) is 6.07 Å². The SMILES string of the molecule is COc1ccc(Oc2ncnc3c(C)csc23)c(N)c1. The number of methoxy groups -OCH3 is 1. The number of hydrogen-bond acceptors (Lipinski definition) is 6. The minimum atomic E-state index is 0.504. The molecule has 0 amide bonds. The molecule has 2 N–H and O–H groups in total. The van der Waals surface area contributed by atoms with E-state index in [-0.39, 0.29) is 0 Å². The van der Waals surface area contributed by atoms with E-state index in [1.54, 1.807) is 36.6 Å². The van der Waals surface area contributed by atoms with Gasteiger partial charge in [0.1, 0.15) is 16.8 Å². The summed E-state index contributed by atoms with van der Waals surface area (Å²) in [6.07, 6.45) is 1.50. The number of benzene rings is 1. The number of fused-ring (bicyclic) bond motifs is 1. The van der Waals surface area contributed by atoms with E-state index in [4.69, 9.17) is 15.2 Å². The van der Waals surface area contributed by atoms with Crippen molar-refractivity contribution in [3.8, 4) is 17.4 Å². The van der Waals surface area contributed by atoms with Gasteiger partial charge >= 0.3 is 0 Å². The highest BCUT2D eigenvalue weighted by Gasteiger charge is 2.11. The van der Waals surface area contributed by atoms with E-state index in [1.807, 2.05) is 12.3 Å². The summed E-state index contributed by atoms with van der Waals surface area (Å²) >= 11 is 1.56. The van der Waals surface area contributed by atoms with Crippen molar-refractivity contribution in [2.75, 3.05) is 12.8 Å². The first kappa shape index (κ1) is 12.7. The zero-order chi connectivity index (χ0) is 14.1. The molecule has 0 fully saturated rings. The number of aryl methyl sites for hydroxylation is 1. The molecule has 2 aromatic heterocycles. The van der Waals surface area contributed by atoms with Crippen LogP contribution in [0.25, 0.3) is 10.2 Å². The summed E-state index contributed by atoms with van der Waals surface area (Å²) in [4.78, 5) is 8.45. The summed E-state index contributed by atoms with van der Waals surface area (Å²) in [5.41, 5.74) is 8.47. The molecule has 1 aromatic carbocycles. The average molecular weight is 287 g/mol. The molecule has 0 saturated carbocycles. The molecule has 0 aliphatic rings. The highest BCUT2D eigenvalue weighted by Crippen LogP contribution is 2.35. The molecular weight excluding hydrogens is 274 g/mol. The van der Waals surface area contributed by atoms with Crippen molar-refractivity contribution in [1.29, 1.82) is 0 Å². The minimum Gasteiger partial charge on any atom is -0.497 e. The summed E-state index contributed by atoms with van der Waals surface area (Å²) in [6.45, 7) is 2.01. The fraction of sp³-hybridized carbons (Fsp3) is 0.143. The molecule has 0 atom stereocenters. The summed E-state index contributed by atoms with van der Waals surface area (Å²) in [5.74, 6) is 1.76. The number of aromatic nitrogens is 2. The van der Waals surface area contributed by atoms with Crippen LogP contribution in [0.1, 0.15) is 5.56 Å². The smallest absolute Gasteiger partial charge is 0.240 e. The van der Waals surface area contributed by atoms with Gasteiger partial charge in [-0.1, -0.05) is 0 Å². The van der Waals surface area contributed by atoms with Gasteiger partial charge in [-0.05, 0) is 30.0 Å². The molecule has 3 rings (SSSR count). The first-order valence-corrected chi connectivity index (χ1v) is 6.87. The van der Waals surface area contributed by atoms with Gasteiger partial charge in [-0.2, -0.15) is 0 Å². The quantitative estimate of drug-likeness (QED) is 0.748. The summed E-state index contributed by atoms with van der Waals surface area (Å²) < 4.78 is 11.8. The van der Waals surface area contributed by atoms with Crippen LogP contribution >= 0.6 is 11.3 Å². The molecule has 0 spiro atoms. The maximum Gasteiger partial charge on any atom is 0.240 e. The molecule has 0 aliphatic heterocycles. The lowest BCUT2D eigenvalue weighted by molar-refractivity contribution is 0.413. The first-order valence-electron chi connectivity index (χ1n) is 5.99. The van der Waals surface area contributed by atoms with Gasteiger partial charge in [0.25, 0.3) is 0 Å². The van der Waals surface area contributed by atoms with Gasteiger partial charge in [-0.15, -0.1) is 11.3 Å². The van der Waals surface area contributed by atoms with E-state index in [9.17, 15) is 0 Å². The third-order valence-electron chi connectivity index (χ3n) is 2.92. The Kier molecular flexibility index (Phi) is 3.15. The Morgan fingerprint density at radius 3 is 2.85 bits per heavy atom. The van der Waals surface area contributed by atoms with Gasteiger partial charge in [0.15, 0.2) is 5.75 Å². The molecule has 6 heteroatoms. The van der Waals surface area contributed by atoms with Crippen molar-refractivity contribution in [3.63, 3.8) is 0 Å². The normalized spacial score (nSPS) is 10.7. The van der Waals surface area contributed by atoms with Crippen LogP contribution in [0.5, 0.6) is 17.4 Å². The lowest BCUT2D eigenvalue weighted by Gasteiger charge is -2.09. The monoisotopic (exact) mass is 287 g/mol. The third kappa shape index (κ3) is 2.14. The lowest BCUT2D eigenvalue weighted by Crippen LogP contribution is -1.95. The molecule has 0 unspecified atom stereocenters. The van der Waals surface area contributed by atoms with Crippen molar-refractivity contribution in [2.24, 2.45) is 0 Å². The van der Waals surface area contributed by atoms with Gasteiger partial charge in [0.2, 0.25) is 5.88 Å². The van der Waals surface area contributed by atoms with Gasteiger partial charge in [-0.3, -0.25) is 0 Å². The molecule has 20 heavy (non-hydrogen) atoms. The van der Waals surface area contributed by atoms with Crippen molar-refractivity contribution in [3.05, 3.63) is 35.5 Å². The minimum absolute atomic E-state index is 0.504. The van der Waals surface area contributed by atoms with Crippen molar-refractivity contribution < 1.29 is 9.47 Å². The number of nitrogens with zero attached hydrogens (tertiary/aromatic N) is 2. The van der Waals surface area contributed by atoms with Gasteiger partial charge in [0.05, 0.1) is 18.3 Å². The standard InChI is InChI=1S/C14H13N3O2S/c1-8-6-20-13-12(8)16-7-17-14(13)19-11-4-3-9(18-2)5-10(11)15/h3-7H,15H2,1-2H3. The Morgan fingerprint density at radius 2 is 2.10 bits per heavy atom. The van der Waals surface area contributed by atoms with Crippen molar-refractivity contribution in [1.82, 2.24) is 9.97 Å². The summed E-state index contributed by atoms with van der Waals surface area (Å²) in [6, 6.07) is 5.28. The molecule has 0 bridgehead atoms. The largest absolute Gasteiger partial charge is 0.497 e. The Bertz CT molecular complexity index is 770. The molecule has 5 nitrogen and oxygen atoms in total. The Balaban J connectivity index is 2.01. The van der Waals surface area contributed by atoms with E-state index >= 15 is 0 Å². The molecular formula is C14H13N3O2S. The lowest BCUT2D eigenvalue weighted by atomic mass is 10.3. The molecule has 0 radical (unpaired) electrons. The predicted octanol–water partition coefficient (Wildman–Crippen LogP) is 3.38. The maximum atomic E-state index is 5.95. The second kappa shape index (κ2) is 4.97. The fourth-order valence-electron chi connectivity index (χ4n) is 1.87. The molecule has 3 aromatic rings. The maximum absolute atomic E-state index is 5.95. The summed E-state index contributed by atoms with van der Waals surface area (Å²) in [7, 11) is 1.59. The highest BCUT2D eigenvalue weighted by atomic mass is 32.1. The fourth-order valence-corrected chi connectivity index (χ4v) is 2.80. The number of hydrogen-bond donors (Lipinski definition) is 1. The summed E-state index contributed by atoms with van der Waals surface area (Å²) in [5, 5.41) is 2.03. The van der Waals surface area contributed by atoms with Crippen LogP contribution in [0.4, 0.5) is 5.69 Å². The third-order valence-corrected chi connectivity index (χ3v) is 4.00. The second-order valence-electron chi connectivity index (χ2n) is 4.28. The van der Waals surface area contributed by atoms with E-state index in [0.717, 1.165) is 15.8 Å². The van der Waals surface area contributed by atoms with Crippen LogP contribution in [-0.2, 0) is 0 Å². The van der Waals surface area contributed by atoms with Crippen molar-refractivity contribution >= 4 is 27.2 Å². The van der Waals surface area contributed by atoms with Gasteiger partial charge in [-0.25, -0.2) is 9.97 Å². The van der Waals surface area contributed by atoms with E-state index in [2.05, 4.69) is 9.97 Å². The van der Waals surface area contributed by atoms with E-state index in [1.165, 1.54) is 6.33 Å². The molecule has 0 aliphatic carbocycles. The first-order chi connectivity index (χ1) is 9.69. The zero-order valence-corrected chi connectivity index (χ0v) is 11.9. The second-order valence-corrected chi connectivity index (χ2v) is 5.16. The number of rotatable bonds is 3. The van der Waals surface area contributed by atoms with Crippen LogP contribution in [-0.4, -0.2) is 17.1 Å². The Morgan fingerprint density at radius 1 is 1.25 bits per heavy atom.